The van der Waals surface area contributed by atoms with E-state index in [1.165, 1.54) is 4.90 Å². The molecule has 1 fully saturated rings. The molecule has 0 bridgehead atoms. The molecule has 2 heterocycles. The Bertz CT molecular complexity index is 1050. The number of carbonyl (C=O) groups is 2. The highest BCUT2D eigenvalue weighted by atomic mass is 35.5. The van der Waals surface area contributed by atoms with Crippen LogP contribution in [0.4, 0.5) is 5.69 Å². The Balaban J connectivity index is 1.70. The maximum atomic E-state index is 12.1. The van der Waals surface area contributed by atoms with E-state index < -0.39 is 11.9 Å². The summed E-state index contributed by atoms with van der Waals surface area (Å²) in [5.41, 5.74) is 2.29. The Hall–Kier alpha value is -2.57. The van der Waals surface area contributed by atoms with Gasteiger partial charge < -0.3 is 14.4 Å². The molecule has 1 atom stereocenters. The summed E-state index contributed by atoms with van der Waals surface area (Å²) in [5.74, 6) is -1.54. The molecule has 3 aromatic rings. The van der Waals surface area contributed by atoms with E-state index >= 15 is 0 Å². The van der Waals surface area contributed by atoms with Crippen molar-refractivity contribution >= 4 is 51.9 Å². The number of halogens is 2. The molecule has 2 aromatic carbocycles. The van der Waals surface area contributed by atoms with Gasteiger partial charge in [-0.05, 0) is 36.4 Å². The maximum absolute atomic E-state index is 12.1. The Morgan fingerprint density at radius 2 is 2.04 bits per heavy atom. The van der Waals surface area contributed by atoms with Gasteiger partial charge in [-0.15, -0.1) is 0 Å². The molecule has 1 amide bonds. The minimum Gasteiger partial charge on any atom is -0.481 e. The van der Waals surface area contributed by atoms with Gasteiger partial charge in [-0.25, -0.2) is 4.98 Å². The molecular weight excluding hydrogens is 379 g/mol. The molecule has 0 saturated carbocycles. The zero-order valence-corrected chi connectivity index (χ0v) is 14.8. The molecule has 132 valence electrons. The van der Waals surface area contributed by atoms with Crippen LogP contribution in [0.2, 0.25) is 10.0 Å². The molecular formula is C18H12Cl2N2O4. The summed E-state index contributed by atoms with van der Waals surface area (Å²) in [6.45, 7) is 0.146. The molecule has 1 aliphatic rings. The Morgan fingerprint density at radius 3 is 2.73 bits per heavy atom. The number of anilines is 1. The molecule has 1 aromatic heterocycles. The van der Waals surface area contributed by atoms with Gasteiger partial charge in [0.25, 0.3) is 0 Å². The van der Waals surface area contributed by atoms with E-state index in [1.54, 1.807) is 36.4 Å². The molecule has 0 radical (unpaired) electrons. The van der Waals surface area contributed by atoms with Crippen LogP contribution in [0, 0.1) is 5.92 Å². The van der Waals surface area contributed by atoms with Crippen LogP contribution in [0.25, 0.3) is 22.6 Å². The number of aromatic nitrogens is 1. The van der Waals surface area contributed by atoms with Crippen LogP contribution in [-0.4, -0.2) is 28.5 Å². The molecule has 0 spiro atoms. The number of nitrogens with zero attached hydrogens (tertiary/aromatic N) is 2. The average molecular weight is 391 g/mol. The fraction of sp³-hybridized carbons (Fsp3) is 0.167. The third kappa shape index (κ3) is 2.91. The summed E-state index contributed by atoms with van der Waals surface area (Å²) in [5, 5.41) is 10.0. The number of rotatable bonds is 3. The number of amides is 1. The number of hydrogen-bond acceptors (Lipinski definition) is 4. The second-order valence-corrected chi connectivity index (χ2v) is 6.88. The first-order valence-electron chi connectivity index (χ1n) is 7.81. The Morgan fingerprint density at radius 1 is 1.23 bits per heavy atom. The molecule has 8 heteroatoms. The molecule has 1 N–H and O–H groups in total. The van der Waals surface area contributed by atoms with Crippen LogP contribution < -0.4 is 4.90 Å². The number of oxazole rings is 1. The average Bonchev–Trinajstić information content (AvgIpc) is 3.17. The summed E-state index contributed by atoms with van der Waals surface area (Å²) in [7, 11) is 0. The van der Waals surface area contributed by atoms with Gasteiger partial charge >= 0.3 is 5.97 Å². The van der Waals surface area contributed by atoms with Crippen molar-refractivity contribution in [3.8, 4) is 11.5 Å². The molecule has 26 heavy (non-hydrogen) atoms. The van der Waals surface area contributed by atoms with Crippen LogP contribution in [0.5, 0.6) is 0 Å². The lowest BCUT2D eigenvalue weighted by Crippen LogP contribution is -2.25. The zero-order chi connectivity index (χ0) is 18.4. The van der Waals surface area contributed by atoms with Crippen molar-refractivity contribution in [3.63, 3.8) is 0 Å². The van der Waals surface area contributed by atoms with Gasteiger partial charge in [0, 0.05) is 23.7 Å². The van der Waals surface area contributed by atoms with Crippen LogP contribution in [-0.2, 0) is 9.59 Å². The van der Waals surface area contributed by atoms with Crippen LogP contribution in [0.3, 0.4) is 0 Å². The van der Waals surface area contributed by atoms with Crippen molar-refractivity contribution in [1.29, 1.82) is 0 Å². The zero-order valence-electron chi connectivity index (χ0n) is 13.3. The highest BCUT2D eigenvalue weighted by Gasteiger charge is 2.35. The smallest absolute Gasteiger partial charge is 0.308 e. The van der Waals surface area contributed by atoms with Gasteiger partial charge in [0.05, 0.1) is 16.5 Å². The largest absolute Gasteiger partial charge is 0.481 e. The van der Waals surface area contributed by atoms with Crippen LogP contribution in [0.15, 0.2) is 40.8 Å². The number of fused-ring (bicyclic) bond motifs is 1. The minimum atomic E-state index is -0.969. The maximum Gasteiger partial charge on any atom is 0.308 e. The van der Waals surface area contributed by atoms with Gasteiger partial charge in [-0.3, -0.25) is 9.59 Å². The highest BCUT2D eigenvalue weighted by Crippen LogP contribution is 2.34. The summed E-state index contributed by atoms with van der Waals surface area (Å²) in [6, 6.07) is 10.1. The predicted molar refractivity (Wildman–Crippen MR) is 97.6 cm³/mol. The molecule has 1 aliphatic heterocycles. The lowest BCUT2D eigenvalue weighted by molar-refractivity contribution is -0.141. The number of benzene rings is 2. The number of carboxylic acid groups (broad SMARTS) is 1. The van der Waals surface area contributed by atoms with Crippen molar-refractivity contribution in [2.45, 2.75) is 6.42 Å². The molecule has 1 saturated heterocycles. The lowest BCUT2D eigenvalue weighted by atomic mass is 10.1. The standard InChI is InChI=1S/C18H12Cl2N2O4/c19-10-1-3-12(13(20)6-10)17-21-14-7-11(2-4-15(14)26-17)22-8-9(18(24)25)5-16(22)23/h1-4,6-7,9H,5,8H2,(H,24,25)/t9-/m0/s1. The van der Waals surface area contributed by atoms with Crippen LogP contribution in [0.1, 0.15) is 6.42 Å². The Kier molecular flexibility index (Phi) is 4.09. The fourth-order valence-electron chi connectivity index (χ4n) is 2.98. The van der Waals surface area contributed by atoms with Gasteiger partial charge in [0.1, 0.15) is 5.52 Å². The first-order chi connectivity index (χ1) is 12.4. The van der Waals surface area contributed by atoms with E-state index in [2.05, 4.69) is 4.98 Å². The fourth-order valence-corrected chi connectivity index (χ4v) is 3.47. The van der Waals surface area contributed by atoms with E-state index in [1.807, 2.05) is 0 Å². The molecule has 6 nitrogen and oxygen atoms in total. The molecule has 0 aliphatic carbocycles. The molecule has 0 unspecified atom stereocenters. The van der Waals surface area contributed by atoms with Crippen LogP contribution >= 0.6 is 23.2 Å². The number of carboxylic acids is 1. The van der Waals surface area contributed by atoms with Crippen molar-refractivity contribution in [3.05, 3.63) is 46.4 Å². The summed E-state index contributed by atoms with van der Waals surface area (Å²) in [4.78, 5) is 29.1. The number of hydrogen-bond donors (Lipinski definition) is 1. The van der Waals surface area contributed by atoms with E-state index in [0.717, 1.165) is 0 Å². The van der Waals surface area contributed by atoms with Gasteiger partial charge in [-0.2, -0.15) is 0 Å². The lowest BCUT2D eigenvalue weighted by Gasteiger charge is -2.15. The van der Waals surface area contributed by atoms with Gasteiger partial charge in [0.15, 0.2) is 5.58 Å². The Labute approximate surface area is 157 Å². The predicted octanol–water partition coefficient (Wildman–Crippen LogP) is 4.24. The van der Waals surface area contributed by atoms with Gasteiger partial charge in [-0.1, -0.05) is 23.2 Å². The van der Waals surface area contributed by atoms with Crippen molar-refractivity contribution in [2.24, 2.45) is 5.92 Å². The second kappa shape index (κ2) is 6.30. The summed E-state index contributed by atoms with van der Waals surface area (Å²) in [6.07, 6.45) is -0.00216. The van der Waals surface area contributed by atoms with E-state index in [9.17, 15) is 9.59 Å². The quantitative estimate of drug-likeness (QED) is 0.722. The number of aliphatic carboxylic acids is 1. The van der Waals surface area contributed by atoms with E-state index in [-0.39, 0.29) is 18.9 Å². The highest BCUT2D eigenvalue weighted by molar-refractivity contribution is 6.36. The van der Waals surface area contributed by atoms with Gasteiger partial charge in [0.2, 0.25) is 11.8 Å². The van der Waals surface area contributed by atoms with E-state index in [4.69, 9.17) is 32.7 Å². The first-order valence-corrected chi connectivity index (χ1v) is 8.57. The summed E-state index contributed by atoms with van der Waals surface area (Å²) < 4.78 is 5.74. The van der Waals surface area contributed by atoms with E-state index in [0.29, 0.717) is 38.3 Å². The second-order valence-electron chi connectivity index (χ2n) is 6.04. The van der Waals surface area contributed by atoms with Crippen molar-refractivity contribution in [1.82, 2.24) is 4.98 Å². The summed E-state index contributed by atoms with van der Waals surface area (Å²) >= 11 is 12.1. The number of carbonyl (C=O) groups excluding carboxylic acids is 1. The topological polar surface area (TPSA) is 83.6 Å². The monoisotopic (exact) mass is 390 g/mol. The normalized spacial score (nSPS) is 17.2. The minimum absolute atomic E-state index is 0.00216. The SMILES string of the molecule is O=C(O)[C@H]1CC(=O)N(c2ccc3oc(-c4ccc(Cl)cc4Cl)nc3c2)C1. The van der Waals surface area contributed by atoms with Crippen molar-refractivity contribution in [2.75, 3.05) is 11.4 Å². The first kappa shape index (κ1) is 16.9. The van der Waals surface area contributed by atoms with Crippen molar-refractivity contribution < 1.29 is 19.1 Å². The third-order valence-electron chi connectivity index (χ3n) is 4.32. The molecule has 4 rings (SSSR count). The third-order valence-corrected chi connectivity index (χ3v) is 4.87.